The molecule has 30 heavy (non-hydrogen) atoms. The van der Waals surface area contributed by atoms with Crippen LogP contribution in [0.2, 0.25) is 0 Å². The number of ether oxygens (including phenoxy) is 2. The number of nitrogens with zero attached hydrogens (tertiary/aromatic N) is 4. The van der Waals surface area contributed by atoms with Crippen LogP contribution in [0.3, 0.4) is 0 Å². The number of amides is 1. The SMILES string of the molecule is COCCn1cc(C(=O)Nc2cnc3c(-c4ccccc4)ccc(OC)c3n2)cn1. The van der Waals surface area contributed by atoms with Gasteiger partial charge in [-0.05, 0) is 17.7 Å². The van der Waals surface area contributed by atoms with Gasteiger partial charge in [0.25, 0.3) is 5.91 Å². The third kappa shape index (κ3) is 3.99. The van der Waals surface area contributed by atoms with Crippen LogP contribution in [0.1, 0.15) is 10.4 Å². The van der Waals surface area contributed by atoms with Crippen LogP contribution in [0.5, 0.6) is 5.75 Å². The highest BCUT2D eigenvalue weighted by Crippen LogP contribution is 2.32. The molecule has 0 aliphatic carbocycles. The maximum atomic E-state index is 12.6. The van der Waals surface area contributed by atoms with Crippen molar-refractivity contribution in [2.45, 2.75) is 6.54 Å². The monoisotopic (exact) mass is 403 g/mol. The highest BCUT2D eigenvalue weighted by atomic mass is 16.5. The van der Waals surface area contributed by atoms with Crippen LogP contribution < -0.4 is 10.1 Å². The summed E-state index contributed by atoms with van der Waals surface area (Å²) in [5, 5.41) is 6.94. The van der Waals surface area contributed by atoms with Crippen molar-refractivity contribution in [1.82, 2.24) is 19.7 Å². The molecule has 0 radical (unpaired) electrons. The molecule has 0 aliphatic rings. The van der Waals surface area contributed by atoms with E-state index in [0.717, 1.165) is 11.1 Å². The fourth-order valence-electron chi connectivity index (χ4n) is 3.13. The first-order valence-corrected chi connectivity index (χ1v) is 9.41. The predicted molar refractivity (Wildman–Crippen MR) is 114 cm³/mol. The second-order valence-electron chi connectivity index (χ2n) is 6.57. The van der Waals surface area contributed by atoms with E-state index in [2.05, 4.69) is 20.4 Å². The maximum absolute atomic E-state index is 12.6. The zero-order valence-electron chi connectivity index (χ0n) is 16.7. The number of nitrogens with one attached hydrogen (secondary N) is 1. The van der Waals surface area contributed by atoms with Gasteiger partial charge in [0.1, 0.15) is 16.8 Å². The van der Waals surface area contributed by atoms with E-state index in [9.17, 15) is 4.79 Å². The average molecular weight is 403 g/mol. The Kier molecular flexibility index (Phi) is 5.67. The molecule has 0 bridgehead atoms. The number of aromatic nitrogens is 4. The Labute approximate surface area is 173 Å². The van der Waals surface area contributed by atoms with Crippen LogP contribution >= 0.6 is 0 Å². The molecular weight excluding hydrogens is 382 g/mol. The van der Waals surface area contributed by atoms with Crippen LogP contribution in [0.4, 0.5) is 5.82 Å². The molecule has 152 valence electrons. The van der Waals surface area contributed by atoms with Gasteiger partial charge in [-0.15, -0.1) is 0 Å². The van der Waals surface area contributed by atoms with Crippen LogP contribution in [-0.4, -0.2) is 46.5 Å². The van der Waals surface area contributed by atoms with E-state index in [4.69, 9.17) is 9.47 Å². The number of hydrogen-bond acceptors (Lipinski definition) is 6. The van der Waals surface area contributed by atoms with Gasteiger partial charge in [0.05, 0.1) is 38.2 Å². The van der Waals surface area contributed by atoms with Gasteiger partial charge in [0, 0.05) is 18.9 Å². The number of anilines is 1. The fourth-order valence-corrected chi connectivity index (χ4v) is 3.13. The largest absolute Gasteiger partial charge is 0.494 e. The highest BCUT2D eigenvalue weighted by molar-refractivity contribution is 6.04. The number of carbonyl (C=O) groups is 1. The molecular formula is C22H21N5O3. The number of rotatable bonds is 7. The lowest BCUT2D eigenvalue weighted by Crippen LogP contribution is -2.13. The zero-order chi connectivity index (χ0) is 20.9. The first-order chi connectivity index (χ1) is 14.7. The van der Waals surface area contributed by atoms with Gasteiger partial charge in [0.2, 0.25) is 0 Å². The molecule has 0 aliphatic heterocycles. The Hall–Kier alpha value is -3.78. The maximum Gasteiger partial charge on any atom is 0.260 e. The number of methoxy groups -OCH3 is 2. The van der Waals surface area contributed by atoms with Crippen molar-refractivity contribution in [2.75, 3.05) is 26.1 Å². The molecule has 0 atom stereocenters. The van der Waals surface area contributed by atoms with Crippen molar-refractivity contribution in [3.05, 3.63) is 66.6 Å². The average Bonchev–Trinajstić information content (AvgIpc) is 3.26. The van der Waals surface area contributed by atoms with E-state index in [1.165, 1.54) is 6.20 Å². The van der Waals surface area contributed by atoms with Crippen molar-refractivity contribution < 1.29 is 14.3 Å². The lowest BCUT2D eigenvalue weighted by molar-refractivity contribution is 0.102. The molecule has 1 amide bonds. The van der Waals surface area contributed by atoms with E-state index in [1.54, 1.807) is 31.3 Å². The first-order valence-electron chi connectivity index (χ1n) is 9.41. The lowest BCUT2D eigenvalue weighted by atomic mass is 10.0. The van der Waals surface area contributed by atoms with Crippen molar-refractivity contribution in [3.63, 3.8) is 0 Å². The minimum Gasteiger partial charge on any atom is -0.494 e. The van der Waals surface area contributed by atoms with Gasteiger partial charge >= 0.3 is 0 Å². The van der Waals surface area contributed by atoms with E-state index in [-0.39, 0.29) is 5.91 Å². The molecule has 0 spiro atoms. The molecule has 4 rings (SSSR count). The predicted octanol–water partition coefficient (Wildman–Crippen LogP) is 3.40. The zero-order valence-corrected chi connectivity index (χ0v) is 16.7. The molecule has 0 fully saturated rings. The summed E-state index contributed by atoms with van der Waals surface area (Å²) < 4.78 is 12.1. The number of benzene rings is 2. The van der Waals surface area contributed by atoms with Gasteiger partial charge in [-0.25, -0.2) is 9.97 Å². The van der Waals surface area contributed by atoms with Crippen molar-refractivity contribution >= 4 is 22.8 Å². The van der Waals surface area contributed by atoms with E-state index < -0.39 is 0 Å². The van der Waals surface area contributed by atoms with E-state index in [0.29, 0.717) is 41.3 Å². The topological polar surface area (TPSA) is 91.2 Å². The van der Waals surface area contributed by atoms with Crippen LogP contribution in [-0.2, 0) is 11.3 Å². The lowest BCUT2D eigenvalue weighted by Gasteiger charge is -2.11. The molecule has 0 saturated carbocycles. The minimum absolute atomic E-state index is 0.314. The Morgan fingerprint density at radius 2 is 1.90 bits per heavy atom. The molecule has 2 heterocycles. The van der Waals surface area contributed by atoms with Gasteiger partial charge in [-0.1, -0.05) is 30.3 Å². The molecule has 8 nitrogen and oxygen atoms in total. The Morgan fingerprint density at radius 3 is 2.67 bits per heavy atom. The number of carbonyl (C=O) groups excluding carboxylic acids is 1. The fraction of sp³-hybridized carbons (Fsp3) is 0.182. The standard InChI is InChI=1S/C22H21N5O3/c1-29-11-10-27-14-16(12-24-27)22(28)26-19-13-23-20-17(15-6-4-3-5-7-15)8-9-18(30-2)21(20)25-19/h3-9,12-14H,10-11H2,1-2H3,(H,25,26,28). The summed E-state index contributed by atoms with van der Waals surface area (Å²) in [5.41, 5.74) is 3.67. The second-order valence-corrected chi connectivity index (χ2v) is 6.57. The number of fused-ring (bicyclic) bond motifs is 1. The van der Waals surface area contributed by atoms with Gasteiger partial charge in [0.15, 0.2) is 5.82 Å². The van der Waals surface area contributed by atoms with Crippen LogP contribution in [0.25, 0.3) is 22.2 Å². The third-order valence-corrected chi connectivity index (χ3v) is 4.63. The van der Waals surface area contributed by atoms with Crippen LogP contribution in [0, 0.1) is 0 Å². The minimum atomic E-state index is -0.314. The van der Waals surface area contributed by atoms with Gasteiger partial charge < -0.3 is 14.8 Å². The number of hydrogen-bond donors (Lipinski definition) is 1. The highest BCUT2D eigenvalue weighted by Gasteiger charge is 2.14. The summed E-state index contributed by atoms with van der Waals surface area (Å²) in [6.45, 7) is 1.08. The van der Waals surface area contributed by atoms with Crippen molar-refractivity contribution in [2.24, 2.45) is 0 Å². The van der Waals surface area contributed by atoms with Crippen molar-refractivity contribution in [1.29, 1.82) is 0 Å². The summed E-state index contributed by atoms with van der Waals surface area (Å²) >= 11 is 0. The second kappa shape index (κ2) is 8.71. The summed E-state index contributed by atoms with van der Waals surface area (Å²) in [5.74, 6) is 0.604. The molecule has 2 aromatic carbocycles. The molecule has 8 heteroatoms. The quantitative estimate of drug-likeness (QED) is 0.509. The molecule has 1 N–H and O–H groups in total. The molecule has 4 aromatic rings. The Morgan fingerprint density at radius 1 is 1.07 bits per heavy atom. The summed E-state index contributed by atoms with van der Waals surface area (Å²) in [4.78, 5) is 21.7. The smallest absolute Gasteiger partial charge is 0.260 e. The van der Waals surface area contributed by atoms with E-state index >= 15 is 0 Å². The van der Waals surface area contributed by atoms with Crippen LogP contribution in [0.15, 0.2) is 61.1 Å². The summed E-state index contributed by atoms with van der Waals surface area (Å²) in [6, 6.07) is 13.7. The van der Waals surface area contributed by atoms with E-state index in [1.807, 2.05) is 42.5 Å². The van der Waals surface area contributed by atoms with Gasteiger partial charge in [-0.2, -0.15) is 5.10 Å². The molecule has 0 saturated heterocycles. The van der Waals surface area contributed by atoms with Gasteiger partial charge in [-0.3, -0.25) is 9.48 Å². The summed E-state index contributed by atoms with van der Waals surface area (Å²) in [7, 11) is 3.20. The first kappa shape index (κ1) is 19.5. The van der Waals surface area contributed by atoms with Crippen molar-refractivity contribution in [3.8, 4) is 16.9 Å². The Bertz CT molecular complexity index is 1170. The summed E-state index contributed by atoms with van der Waals surface area (Å²) in [6.07, 6.45) is 4.71. The molecule has 0 unspecified atom stereocenters. The normalized spacial score (nSPS) is 10.9. The Balaban J connectivity index is 1.64. The third-order valence-electron chi connectivity index (χ3n) is 4.63. The molecule has 2 aromatic heterocycles.